The molecule has 0 N–H and O–H groups in total. The number of carbonyl (C=O) groups excluding carboxylic acids is 2. The lowest BCUT2D eigenvalue weighted by Crippen LogP contribution is -2.53. The third-order valence-electron chi connectivity index (χ3n) is 7.97. The van der Waals surface area contributed by atoms with E-state index < -0.39 is 5.60 Å². The van der Waals surface area contributed by atoms with Gasteiger partial charge in [0, 0.05) is 18.8 Å². The molecule has 3 nitrogen and oxygen atoms in total. The predicted octanol–water partition coefficient (Wildman–Crippen LogP) is 4.06. The Bertz CT molecular complexity index is 684. The van der Waals surface area contributed by atoms with Crippen LogP contribution in [0.5, 0.6) is 0 Å². The number of rotatable bonds is 1. The molecule has 0 unspecified atom stereocenters. The van der Waals surface area contributed by atoms with E-state index in [-0.39, 0.29) is 11.4 Å². The average Bonchev–Trinajstić information content (AvgIpc) is 2.87. The Balaban J connectivity index is 1.64. The van der Waals surface area contributed by atoms with Gasteiger partial charge in [-0.1, -0.05) is 18.4 Å². The second-order valence-electron chi connectivity index (χ2n) is 8.86. The molecular weight excluding hydrogens is 312 g/mol. The highest BCUT2D eigenvalue weighted by molar-refractivity contribution is 5.91. The van der Waals surface area contributed by atoms with Crippen molar-refractivity contribution in [2.24, 2.45) is 29.1 Å². The summed E-state index contributed by atoms with van der Waals surface area (Å²) in [7, 11) is 0. The number of esters is 1. The Morgan fingerprint density at radius 2 is 2.00 bits per heavy atom. The van der Waals surface area contributed by atoms with Crippen LogP contribution in [0.25, 0.3) is 0 Å². The minimum Gasteiger partial charge on any atom is -0.445 e. The van der Waals surface area contributed by atoms with E-state index in [4.69, 9.17) is 11.2 Å². The Morgan fingerprint density at radius 1 is 1.20 bits per heavy atom. The maximum Gasteiger partial charge on any atom is 0.304 e. The molecule has 0 aromatic carbocycles. The van der Waals surface area contributed by atoms with E-state index in [0.717, 1.165) is 44.9 Å². The van der Waals surface area contributed by atoms with Crippen molar-refractivity contribution in [3.63, 3.8) is 0 Å². The molecule has 0 amide bonds. The van der Waals surface area contributed by atoms with Crippen molar-refractivity contribution in [3.8, 4) is 12.3 Å². The first-order valence-electron chi connectivity index (χ1n) is 9.81. The summed E-state index contributed by atoms with van der Waals surface area (Å²) in [5.41, 5.74) is 0.565. The molecule has 3 heteroatoms. The van der Waals surface area contributed by atoms with Crippen LogP contribution in [0.2, 0.25) is 0 Å². The van der Waals surface area contributed by atoms with E-state index >= 15 is 0 Å². The molecule has 0 radical (unpaired) electrons. The summed E-state index contributed by atoms with van der Waals surface area (Å²) in [5.74, 6) is 5.41. The second-order valence-corrected chi connectivity index (χ2v) is 8.86. The highest BCUT2D eigenvalue weighted by atomic mass is 16.6. The number of ether oxygens (including phenoxy) is 1. The summed E-state index contributed by atoms with van der Waals surface area (Å²) in [6.07, 6.45) is 15.8. The summed E-state index contributed by atoms with van der Waals surface area (Å²) in [4.78, 5) is 23.5. The van der Waals surface area contributed by atoms with Gasteiger partial charge in [0.2, 0.25) is 0 Å². The highest BCUT2D eigenvalue weighted by Crippen LogP contribution is 2.65. The van der Waals surface area contributed by atoms with E-state index in [1.807, 2.05) is 6.08 Å². The number of carbonyl (C=O) groups is 2. The first-order chi connectivity index (χ1) is 11.9. The lowest BCUT2D eigenvalue weighted by atomic mass is 9.50. The minimum absolute atomic E-state index is 0.111. The summed E-state index contributed by atoms with van der Waals surface area (Å²) >= 11 is 0. The third-order valence-corrected chi connectivity index (χ3v) is 7.97. The standard InChI is InChI=1S/C22H28O3/c1-4-22(25-14(2)23)12-10-20-19-7-5-15-13-16(24)6-8-17(15)18(19)9-11-21(20,22)3/h1,13,17-20H,5-12H2,2-3H3/t17-,18-,19+,20+,21-,22-/m0/s1. The quantitative estimate of drug-likeness (QED) is 0.534. The lowest BCUT2D eigenvalue weighted by Gasteiger charge is -2.55. The molecule has 4 rings (SSSR count). The van der Waals surface area contributed by atoms with E-state index in [9.17, 15) is 9.59 Å². The number of hydrogen-bond donors (Lipinski definition) is 0. The van der Waals surface area contributed by atoms with Gasteiger partial charge in [0.1, 0.15) is 0 Å². The number of ketones is 1. The largest absolute Gasteiger partial charge is 0.445 e. The zero-order valence-electron chi connectivity index (χ0n) is 15.3. The molecule has 25 heavy (non-hydrogen) atoms. The van der Waals surface area contributed by atoms with Crippen LogP contribution in [0.1, 0.15) is 65.2 Å². The van der Waals surface area contributed by atoms with Gasteiger partial charge in [-0.05, 0) is 74.7 Å². The van der Waals surface area contributed by atoms with E-state index in [2.05, 4.69) is 12.8 Å². The molecule has 134 valence electrons. The summed E-state index contributed by atoms with van der Waals surface area (Å²) < 4.78 is 5.79. The number of allylic oxidation sites excluding steroid dienone is 1. The van der Waals surface area contributed by atoms with Crippen molar-refractivity contribution in [2.45, 2.75) is 70.8 Å². The van der Waals surface area contributed by atoms with Gasteiger partial charge in [0.15, 0.2) is 11.4 Å². The topological polar surface area (TPSA) is 43.4 Å². The van der Waals surface area contributed by atoms with Crippen LogP contribution in [-0.2, 0) is 14.3 Å². The molecule has 0 aromatic heterocycles. The Hall–Kier alpha value is -1.56. The van der Waals surface area contributed by atoms with Crippen molar-refractivity contribution < 1.29 is 14.3 Å². The average molecular weight is 340 g/mol. The molecule has 0 bridgehead atoms. The minimum atomic E-state index is -0.729. The Kier molecular flexibility index (Phi) is 3.87. The van der Waals surface area contributed by atoms with Gasteiger partial charge in [-0.25, -0.2) is 0 Å². The maximum absolute atomic E-state index is 11.8. The molecule has 3 saturated carbocycles. The molecule has 3 fully saturated rings. The molecule has 0 aromatic rings. The first kappa shape index (κ1) is 16.9. The highest BCUT2D eigenvalue weighted by Gasteiger charge is 2.64. The van der Waals surface area contributed by atoms with Crippen molar-refractivity contribution in [3.05, 3.63) is 11.6 Å². The van der Waals surface area contributed by atoms with Gasteiger partial charge >= 0.3 is 5.97 Å². The van der Waals surface area contributed by atoms with Crippen LogP contribution in [0.15, 0.2) is 11.6 Å². The Morgan fingerprint density at radius 3 is 2.72 bits per heavy atom. The fourth-order valence-corrected chi connectivity index (χ4v) is 6.86. The van der Waals surface area contributed by atoms with Gasteiger partial charge in [-0.3, -0.25) is 9.59 Å². The van der Waals surface area contributed by atoms with Gasteiger partial charge < -0.3 is 4.74 Å². The zero-order chi connectivity index (χ0) is 17.8. The van der Waals surface area contributed by atoms with Crippen LogP contribution in [0.3, 0.4) is 0 Å². The van der Waals surface area contributed by atoms with E-state index in [1.165, 1.54) is 12.5 Å². The molecule has 0 saturated heterocycles. The zero-order valence-corrected chi connectivity index (χ0v) is 15.3. The summed E-state index contributed by atoms with van der Waals surface area (Å²) in [5, 5.41) is 0. The normalized spacial score (nSPS) is 45.5. The summed E-state index contributed by atoms with van der Waals surface area (Å²) in [6.45, 7) is 3.73. The predicted molar refractivity (Wildman–Crippen MR) is 95.4 cm³/mol. The maximum atomic E-state index is 11.8. The molecule has 0 heterocycles. The molecule has 4 aliphatic rings. The third kappa shape index (κ3) is 2.33. The molecular formula is C22H28O3. The smallest absolute Gasteiger partial charge is 0.304 e. The van der Waals surface area contributed by atoms with Crippen molar-refractivity contribution in [2.75, 3.05) is 0 Å². The van der Waals surface area contributed by atoms with Crippen molar-refractivity contribution >= 4 is 11.8 Å². The fraction of sp³-hybridized carbons (Fsp3) is 0.727. The fourth-order valence-electron chi connectivity index (χ4n) is 6.86. The lowest BCUT2D eigenvalue weighted by molar-refractivity contribution is -0.167. The molecule has 6 atom stereocenters. The monoisotopic (exact) mass is 340 g/mol. The van der Waals surface area contributed by atoms with Crippen LogP contribution >= 0.6 is 0 Å². The van der Waals surface area contributed by atoms with Crippen LogP contribution in [0, 0.1) is 41.4 Å². The first-order valence-corrected chi connectivity index (χ1v) is 9.81. The Labute approximate surface area is 150 Å². The van der Waals surface area contributed by atoms with Crippen molar-refractivity contribution in [1.29, 1.82) is 0 Å². The second kappa shape index (κ2) is 5.73. The van der Waals surface area contributed by atoms with Gasteiger partial charge in [0.05, 0.1) is 0 Å². The molecule has 0 aliphatic heterocycles. The SMILES string of the molecule is C#C[C@]1(OC(C)=O)CC[C@@H]2[C@@H]3CCC4=CC(=O)CC[C@@H]4[C@@H]3CC[C@@]21C. The molecule has 4 aliphatic carbocycles. The molecule has 0 spiro atoms. The van der Waals surface area contributed by atoms with Gasteiger partial charge in [-0.15, -0.1) is 6.42 Å². The van der Waals surface area contributed by atoms with E-state index in [0.29, 0.717) is 35.9 Å². The van der Waals surface area contributed by atoms with Crippen LogP contribution < -0.4 is 0 Å². The summed E-state index contributed by atoms with van der Waals surface area (Å²) in [6, 6.07) is 0. The van der Waals surface area contributed by atoms with Gasteiger partial charge in [-0.2, -0.15) is 0 Å². The number of hydrogen-bond acceptors (Lipinski definition) is 3. The number of terminal acetylenes is 1. The van der Waals surface area contributed by atoms with Crippen LogP contribution in [-0.4, -0.2) is 17.4 Å². The van der Waals surface area contributed by atoms with Crippen molar-refractivity contribution in [1.82, 2.24) is 0 Å². The van der Waals surface area contributed by atoms with Crippen LogP contribution in [0.4, 0.5) is 0 Å². The van der Waals surface area contributed by atoms with E-state index in [1.54, 1.807) is 0 Å². The number of fused-ring (bicyclic) bond motifs is 5. The van der Waals surface area contributed by atoms with Gasteiger partial charge in [0.25, 0.3) is 0 Å².